The van der Waals surface area contributed by atoms with Crippen molar-refractivity contribution in [3.63, 3.8) is 0 Å². The maximum atomic E-state index is 13.3. The van der Waals surface area contributed by atoms with E-state index >= 15 is 0 Å². The number of methoxy groups -OCH3 is 1. The third-order valence-corrected chi connectivity index (χ3v) is 2.85. The van der Waals surface area contributed by atoms with Crippen LogP contribution in [0.25, 0.3) is 0 Å². The number of rotatable bonds is 5. The molecule has 0 fully saturated rings. The SMILES string of the molecule is CCn1cc(CC(=O)c2ccc(F)c(OC)c2)cn1. The molecule has 100 valence electrons. The Morgan fingerprint density at radius 1 is 1.47 bits per heavy atom. The summed E-state index contributed by atoms with van der Waals surface area (Å²) >= 11 is 0. The molecule has 0 aliphatic heterocycles. The van der Waals surface area contributed by atoms with Crippen molar-refractivity contribution in [3.05, 3.63) is 47.5 Å². The fourth-order valence-corrected chi connectivity index (χ4v) is 1.79. The molecule has 0 unspecified atom stereocenters. The van der Waals surface area contributed by atoms with E-state index in [4.69, 9.17) is 4.74 Å². The highest BCUT2D eigenvalue weighted by Crippen LogP contribution is 2.19. The number of aromatic nitrogens is 2. The molecule has 1 aromatic carbocycles. The van der Waals surface area contributed by atoms with E-state index in [1.165, 1.54) is 25.3 Å². The number of ketones is 1. The molecule has 1 aromatic heterocycles. The van der Waals surface area contributed by atoms with E-state index < -0.39 is 5.82 Å². The fourth-order valence-electron chi connectivity index (χ4n) is 1.79. The van der Waals surface area contributed by atoms with Gasteiger partial charge in [-0.05, 0) is 30.7 Å². The highest BCUT2D eigenvalue weighted by atomic mass is 19.1. The average molecular weight is 262 g/mol. The Bertz CT molecular complexity index is 593. The predicted molar refractivity (Wildman–Crippen MR) is 68.9 cm³/mol. The van der Waals surface area contributed by atoms with Crippen LogP contribution in [-0.4, -0.2) is 22.7 Å². The number of carbonyl (C=O) groups excluding carboxylic acids is 1. The molecule has 0 atom stereocenters. The third-order valence-electron chi connectivity index (χ3n) is 2.85. The Morgan fingerprint density at radius 2 is 2.26 bits per heavy atom. The molecule has 0 saturated heterocycles. The lowest BCUT2D eigenvalue weighted by atomic mass is 10.1. The minimum atomic E-state index is -0.474. The maximum Gasteiger partial charge on any atom is 0.167 e. The minimum Gasteiger partial charge on any atom is -0.494 e. The van der Waals surface area contributed by atoms with Gasteiger partial charge in [-0.1, -0.05) is 0 Å². The average Bonchev–Trinajstić information content (AvgIpc) is 2.86. The summed E-state index contributed by atoms with van der Waals surface area (Å²) in [6.07, 6.45) is 3.75. The third kappa shape index (κ3) is 2.99. The van der Waals surface area contributed by atoms with Crippen LogP contribution in [0.2, 0.25) is 0 Å². The topological polar surface area (TPSA) is 44.1 Å². The van der Waals surface area contributed by atoms with Gasteiger partial charge in [-0.15, -0.1) is 0 Å². The number of halogens is 1. The van der Waals surface area contributed by atoms with Gasteiger partial charge in [0, 0.05) is 24.7 Å². The van der Waals surface area contributed by atoms with Gasteiger partial charge in [0.2, 0.25) is 0 Å². The van der Waals surface area contributed by atoms with Crippen LogP contribution < -0.4 is 4.74 Å². The lowest BCUT2D eigenvalue weighted by Crippen LogP contribution is -2.04. The largest absolute Gasteiger partial charge is 0.494 e. The van der Waals surface area contributed by atoms with Crippen LogP contribution >= 0.6 is 0 Å². The smallest absolute Gasteiger partial charge is 0.167 e. The molecule has 19 heavy (non-hydrogen) atoms. The number of ether oxygens (including phenoxy) is 1. The van der Waals surface area contributed by atoms with E-state index in [-0.39, 0.29) is 18.0 Å². The molecule has 0 aliphatic rings. The number of aryl methyl sites for hydroxylation is 1. The van der Waals surface area contributed by atoms with Gasteiger partial charge in [-0.3, -0.25) is 9.48 Å². The minimum absolute atomic E-state index is 0.0788. The molecular weight excluding hydrogens is 247 g/mol. The van der Waals surface area contributed by atoms with Gasteiger partial charge in [0.1, 0.15) is 0 Å². The summed E-state index contributed by atoms with van der Waals surface area (Å²) < 4.78 is 19.9. The molecule has 0 radical (unpaired) electrons. The first-order valence-corrected chi connectivity index (χ1v) is 6.02. The van der Waals surface area contributed by atoms with Gasteiger partial charge in [0.15, 0.2) is 17.3 Å². The van der Waals surface area contributed by atoms with Crippen molar-refractivity contribution >= 4 is 5.78 Å². The molecular formula is C14H15FN2O2. The first-order chi connectivity index (χ1) is 9.13. The van der Waals surface area contributed by atoms with Crippen LogP contribution in [0, 0.1) is 5.82 Å². The van der Waals surface area contributed by atoms with Gasteiger partial charge in [-0.25, -0.2) is 4.39 Å². The van der Waals surface area contributed by atoms with Crippen LogP contribution in [0.5, 0.6) is 5.75 Å². The fraction of sp³-hybridized carbons (Fsp3) is 0.286. The highest BCUT2D eigenvalue weighted by molar-refractivity contribution is 5.97. The van der Waals surface area contributed by atoms with Gasteiger partial charge >= 0.3 is 0 Å². The zero-order valence-corrected chi connectivity index (χ0v) is 10.9. The molecule has 4 nitrogen and oxygen atoms in total. The molecule has 0 spiro atoms. The second kappa shape index (κ2) is 5.65. The summed E-state index contributed by atoms with van der Waals surface area (Å²) in [6.45, 7) is 2.74. The molecule has 0 saturated carbocycles. The monoisotopic (exact) mass is 262 g/mol. The van der Waals surface area contributed by atoms with Crippen molar-refractivity contribution in [2.24, 2.45) is 0 Å². The van der Waals surface area contributed by atoms with Gasteiger partial charge in [0.25, 0.3) is 0 Å². The number of hydrogen-bond acceptors (Lipinski definition) is 3. The molecule has 0 bridgehead atoms. The van der Waals surface area contributed by atoms with Crippen molar-refractivity contribution in [3.8, 4) is 5.75 Å². The van der Waals surface area contributed by atoms with Crippen molar-refractivity contribution in [2.75, 3.05) is 7.11 Å². The van der Waals surface area contributed by atoms with Crippen LogP contribution in [0.4, 0.5) is 4.39 Å². The van der Waals surface area contributed by atoms with E-state index in [0.717, 1.165) is 12.1 Å². The van der Waals surface area contributed by atoms with Gasteiger partial charge < -0.3 is 4.74 Å². The Kier molecular flexibility index (Phi) is 3.94. The second-order valence-electron chi connectivity index (χ2n) is 4.15. The lowest BCUT2D eigenvalue weighted by molar-refractivity contribution is 0.0992. The maximum absolute atomic E-state index is 13.3. The Morgan fingerprint density at radius 3 is 2.89 bits per heavy atom. The summed E-state index contributed by atoms with van der Waals surface area (Å²) in [7, 11) is 1.37. The van der Waals surface area contributed by atoms with Crippen molar-refractivity contribution in [1.29, 1.82) is 0 Å². The molecule has 0 amide bonds. The van der Waals surface area contributed by atoms with Gasteiger partial charge in [0.05, 0.1) is 13.3 Å². The van der Waals surface area contributed by atoms with Crippen LogP contribution in [0.15, 0.2) is 30.6 Å². The summed E-state index contributed by atoms with van der Waals surface area (Å²) in [6, 6.07) is 4.12. The number of Topliss-reactive ketones (excluding diaryl/α,β-unsaturated/α-hetero) is 1. The number of benzene rings is 1. The van der Waals surface area contributed by atoms with E-state index in [0.29, 0.717) is 5.56 Å². The summed E-state index contributed by atoms with van der Waals surface area (Å²) in [5, 5.41) is 4.11. The standard InChI is InChI=1S/C14H15FN2O2/c1-3-17-9-10(8-16-17)6-13(18)11-4-5-12(15)14(7-11)19-2/h4-5,7-9H,3,6H2,1-2H3. The molecule has 5 heteroatoms. The number of nitrogens with zero attached hydrogens (tertiary/aromatic N) is 2. The molecule has 2 rings (SSSR count). The summed E-state index contributed by atoms with van der Waals surface area (Å²) in [5.41, 5.74) is 1.28. The van der Waals surface area contributed by atoms with E-state index in [2.05, 4.69) is 5.10 Å². The van der Waals surface area contributed by atoms with E-state index in [1.54, 1.807) is 10.9 Å². The molecule has 1 heterocycles. The lowest BCUT2D eigenvalue weighted by Gasteiger charge is -2.04. The van der Waals surface area contributed by atoms with Crippen molar-refractivity contribution < 1.29 is 13.9 Å². The molecule has 0 N–H and O–H groups in total. The van der Waals surface area contributed by atoms with E-state index in [9.17, 15) is 9.18 Å². The predicted octanol–water partition coefficient (Wildman–Crippen LogP) is 2.48. The summed E-state index contributed by atoms with van der Waals surface area (Å²) in [4.78, 5) is 12.1. The normalized spacial score (nSPS) is 10.5. The van der Waals surface area contributed by atoms with Gasteiger partial charge in [-0.2, -0.15) is 5.10 Å². The van der Waals surface area contributed by atoms with E-state index in [1.807, 2.05) is 13.1 Å². The van der Waals surface area contributed by atoms with Crippen LogP contribution in [-0.2, 0) is 13.0 Å². The second-order valence-corrected chi connectivity index (χ2v) is 4.15. The molecule has 2 aromatic rings. The number of hydrogen-bond donors (Lipinski definition) is 0. The van der Waals surface area contributed by atoms with Crippen molar-refractivity contribution in [1.82, 2.24) is 9.78 Å². The zero-order valence-electron chi connectivity index (χ0n) is 10.9. The Hall–Kier alpha value is -2.17. The Balaban J connectivity index is 2.15. The first kappa shape index (κ1) is 13.3. The zero-order chi connectivity index (χ0) is 13.8. The Labute approximate surface area is 110 Å². The van der Waals surface area contributed by atoms with Crippen LogP contribution in [0.3, 0.4) is 0 Å². The quantitative estimate of drug-likeness (QED) is 0.777. The van der Waals surface area contributed by atoms with Crippen LogP contribution in [0.1, 0.15) is 22.8 Å². The molecule has 0 aliphatic carbocycles. The number of carbonyl (C=O) groups is 1. The summed E-state index contributed by atoms with van der Waals surface area (Å²) in [5.74, 6) is -0.484. The highest BCUT2D eigenvalue weighted by Gasteiger charge is 2.11. The first-order valence-electron chi connectivity index (χ1n) is 6.02. The van der Waals surface area contributed by atoms with Crippen molar-refractivity contribution in [2.45, 2.75) is 19.9 Å².